The van der Waals surface area contributed by atoms with E-state index in [1.807, 2.05) is 0 Å². The van der Waals surface area contributed by atoms with Gasteiger partial charge in [0.15, 0.2) is 0 Å². The first-order valence-electron chi connectivity index (χ1n) is 8.25. The maximum atomic E-state index is 3.42. The Morgan fingerprint density at radius 3 is 2.14 bits per heavy atom. The van der Waals surface area contributed by atoms with Gasteiger partial charge >= 0.3 is 0 Å². The molecule has 0 saturated heterocycles. The molecule has 120 valence electrons. The number of hydrogen-bond donors (Lipinski definition) is 1. The van der Waals surface area contributed by atoms with Crippen molar-refractivity contribution in [3.05, 3.63) is 35.4 Å². The average molecular weight is 290 g/mol. The second kappa shape index (κ2) is 7.95. The molecule has 0 aliphatic rings. The summed E-state index contributed by atoms with van der Waals surface area (Å²) >= 11 is 0. The van der Waals surface area contributed by atoms with E-state index in [4.69, 9.17) is 0 Å². The minimum absolute atomic E-state index is 0.315. The van der Waals surface area contributed by atoms with Gasteiger partial charge in [0.05, 0.1) is 0 Å². The van der Waals surface area contributed by atoms with Crippen molar-refractivity contribution in [1.82, 2.24) is 10.2 Å². The Labute approximate surface area is 131 Å². The van der Waals surface area contributed by atoms with E-state index in [-0.39, 0.29) is 0 Å². The van der Waals surface area contributed by atoms with E-state index < -0.39 is 0 Å². The third-order valence-corrected chi connectivity index (χ3v) is 4.60. The minimum atomic E-state index is 0.315. The van der Waals surface area contributed by atoms with E-state index in [1.54, 1.807) is 0 Å². The molecule has 0 bridgehead atoms. The molecule has 0 radical (unpaired) electrons. The van der Waals surface area contributed by atoms with E-state index in [0.29, 0.717) is 17.4 Å². The first-order valence-corrected chi connectivity index (χ1v) is 8.25. The van der Waals surface area contributed by atoms with Gasteiger partial charge in [0.1, 0.15) is 0 Å². The van der Waals surface area contributed by atoms with Gasteiger partial charge in [-0.1, -0.05) is 58.9 Å². The van der Waals surface area contributed by atoms with Gasteiger partial charge in [-0.05, 0) is 43.0 Å². The van der Waals surface area contributed by atoms with Crippen LogP contribution in [0.4, 0.5) is 0 Å². The summed E-state index contributed by atoms with van der Waals surface area (Å²) in [6.07, 6.45) is 0. The van der Waals surface area contributed by atoms with Crippen molar-refractivity contribution >= 4 is 0 Å². The number of nitrogens with zero attached hydrogens (tertiary/aromatic N) is 1. The van der Waals surface area contributed by atoms with Gasteiger partial charge in [-0.25, -0.2) is 0 Å². The lowest BCUT2D eigenvalue weighted by Crippen LogP contribution is -2.38. The van der Waals surface area contributed by atoms with Crippen molar-refractivity contribution < 1.29 is 0 Å². The lowest BCUT2D eigenvalue weighted by molar-refractivity contribution is 0.134. The predicted octanol–water partition coefficient (Wildman–Crippen LogP) is 4.27. The summed E-state index contributed by atoms with van der Waals surface area (Å²) in [7, 11) is 2.22. The average Bonchev–Trinajstić information content (AvgIpc) is 2.43. The fourth-order valence-electron chi connectivity index (χ4n) is 2.52. The Morgan fingerprint density at radius 2 is 1.67 bits per heavy atom. The lowest BCUT2D eigenvalue weighted by Gasteiger charge is -2.35. The second-order valence-corrected chi connectivity index (χ2v) is 7.41. The van der Waals surface area contributed by atoms with Crippen molar-refractivity contribution in [2.75, 3.05) is 20.1 Å². The summed E-state index contributed by atoms with van der Waals surface area (Å²) in [5.74, 6) is 0.574. The molecular weight excluding hydrogens is 256 g/mol. The van der Waals surface area contributed by atoms with Crippen molar-refractivity contribution in [2.45, 2.75) is 60.0 Å². The van der Waals surface area contributed by atoms with Crippen LogP contribution in [0, 0.1) is 5.41 Å². The smallest absolute Gasteiger partial charge is 0.0233 e. The van der Waals surface area contributed by atoms with Crippen LogP contribution in [0.25, 0.3) is 0 Å². The standard InChI is InChI=1S/C19H34N2/c1-8-20-13-15(2)18-11-9-17(10-12-18)14-21(7)16(3)19(4,5)6/h9-12,15-16,20H,8,13-14H2,1-7H3. The van der Waals surface area contributed by atoms with Crippen LogP contribution in [0.1, 0.15) is 58.6 Å². The summed E-state index contributed by atoms with van der Waals surface area (Å²) in [5, 5.41) is 3.42. The van der Waals surface area contributed by atoms with Crippen LogP contribution < -0.4 is 5.32 Å². The number of likely N-dealkylation sites (N-methyl/N-ethyl adjacent to an activating group) is 1. The summed E-state index contributed by atoms with van der Waals surface area (Å²) in [4.78, 5) is 2.44. The summed E-state index contributed by atoms with van der Waals surface area (Å²) < 4.78 is 0. The molecule has 0 spiro atoms. The van der Waals surface area contributed by atoms with E-state index in [1.165, 1.54) is 11.1 Å². The highest BCUT2D eigenvalue weighted by Crippen LogP contribution is 2.24. The van der Waals surface area contributed by atoms with Crippen LogP contribution in [0.3, 0.4) is 0 Å². The van der Waals surface area contributed by atoms with Crippen LogP contribution in [0.5, 0.6) is 0 Å². The summed E-state index contributed by atoms with van der Waals surface area (Å²) in [6, 6.07) is 9.69. The van der Waals surface area contributed by atoms with Crippen molar-refractivity contribution in [3.8, 4) is 0 Å². The lowest BCUT2D eigenvalue weighted by atomic mass is 9.87. The molecule has 1 aromatic rings. The molecule has 0 aliphatic carbocycles. The molecule has 1 N–H and O–H groups in total. The molecule has 0 aromatic heterocycles. The monoisotopic (exact) mass is 290 g/mol. The third-order valence-electron chi connectivity index (χ3n) is 4.60. The number of hydrogen-bond acceptors (Lipinski definition) is 2. The Morgan fingerprint density at radius 1 is 1.10 bits per heavy atom. The number of nitrogens with one attached hydrogen (secondary N) is 1. The molecule has 0 amide bonds. The Hall–Kier alpha value is -0.860. The van der Waals surface area contributed by atoms with Crippen LogP contribution in [-0.2, 0) is 6.54 Å². The fourth-order valence-corrected chi connectivity index (χ4v) is 2.52. The second-order valence-electron chi connectivity index (χ2n) is 7.41. The SMILES string of the molecule is CCNCC(C)c1ccc(CN(C)C(C)C(C)(C)C)cc1. The van der Waals surface area contributed by atoms with Gasteiger partial charge in [-0.2, -0.15) is 0 Å². The molecule has 2 atom stereocenters. The maximum absolute atomic E-state index is 3.42. The van der Waals surface area contributed by atoms with Gasteiger partial charge in [0.25, 0.3) is 0 Å². The first kappa shape index (κ1) is 18.2. The van der Waals surface area contributed by atoms with Crippen LogP contribution in [-0.4, -0.2) is 31.1 Å². The van der Waals surface area contributed by atoms with E-state index >= 15 is 0 Å². The quantitative estimate of drug-likeness (QED) is 0.807. The zero-order valence-corrected chi connectivity index (χ0v) is 15.0. The zero-order chi connectivity index (χ0) is 16.0. The van der Waals surface area contributed by atoms with Crippen molar-refractivity contribution in [1.29, 1.82) is 0 Å². The zero-order valence-electron chi connectivity index (χ0n) is 15.0. The van der Waals surface area contributed by atoms with Gasteiger partial charge < -0.3 is 5.32 Å². The molecule has 2 unspecified atom stereocenters. The summed E-state index contributed by atoms with van der Waals surface area (Å²) in [6.45, 7) is 16.8. The highest BCUT2D eigenvalue weighted by Gasteiger charge is 2.23. The fraction of sp³-hybridized carbons (Fsp3) is 0.684. The Balaban J connectivity index is 2.62. The molecule has 0 saturated carbocycles. The van der Waals surface area contributed by atoms with Crippen LogP contribution in [0.2, 0.25) is 0 Å². The molecule has 21 heavy (non-hydrogen) atoms. The highest BCUT2D eigenvalue weighted by molar-refractivity contribution is 5.25. The predicted molar refractivity (Wildman–Crippen MR) is 93.8 cm³/mol. The van der Waals surface area contributed by atoms with E-state index in [2.05, 4.69) is 83.1 Å². The third kappa shape index (κ3) is 5.80. The Bertz CT molecular complexity index is 403. The molecule has 1 rings (SSSR count). The van der Waals surface area contributed by atoms with Gasteiger partial charge in [0, 0.05) is 19.1 Å². The largest absolute Gasteiger partial charge is 0.316 e. The molecule has 0 fully saturated rings. The normalized spacial score (nSPS) is 15.2. The summed E-state index contributed by atoms with van der Waals surface area (Å²) in [5.41, 5.74) is 3.13. The molecule has 2 heteroatoms. The molecular formula is C19H34N2. The number of benzene rings is 1. The highest BCUT2D eigenvalue weighted by atomic mass is 15.1. The molecule has 1 aromatic carbocycles. The molecule has 0 aliphatic heterocycles. The van der Waals surface area contributed by atoms with Crippen LogP contribution >= 0.6 is 0 Å². The number of rotatable bonds is 7. The molecule has 0 heterocycles. The van der Waals surface area contributed by atoms with Crippen molar-refractivity contribution in [3.63, 3.8) is 0 Å². The van der Waals surface area contributed by atoms with E-state index in [9.17, 15) is 0 Å². The minimum Gasteiger partial charge on any atom is -0.316 e. The van der Waals surface area contributed by atoms with Gasteiger partial charge in [-0.15, -0.1) is 0 Å². The van der Waals surface area contributed by atoms with Crippen LogP contribution in [0.15, 0.2) is 24.3 Å². The topological polar surface area (TPSA) is 15.3 Å². The first-order chi connectivity index (χ1) is 9.75. The van der Waals surface area contributed by atoms with Gasteiger partial charge in [-0.3, -0.25) is 4.90 Å². The molecule has 2 nitrogen and oxygen atoms in total. The Kier molecular flexibility index (Phi) is 6.89. The van der Waals surface area contributed by atoms with Crippen molar-refractivity contribution in [2.24, 2.45) is 5.41 Å². The maximum Gasteiger partial charge on any atom is 0.0233 e. The van der Waals surface area contributed by atoms with E-state index in [0.717, 1.165) is 19.6 Å². The van der Waals surface area contributed by atoms with Gasteiger partial charge in [0.2, 0.25) is 0 Å².